The highest BCUT2D eigenvalue weighted by atomic mass is 16.5. The molecule has 1 aromatic rings. The molecule has 4 N–H and O–H groups in total. The van der Waals surface area contributed by atoms with Crippen LogP contribution in [0.2, 0.25) is 0 Å². The van der Waals surface area contributed by atoms with Gasteiger partial charge in [0.2, 0.25) is 11.6 Å². The molecule has 13 heavy (non-hydrogen) atoms. The zero-order valence-electron chi connectivity index (χ0n) is 7.02. The van der Waals surface area contributed by atoms with Crippen molar-refractivity contribution < 1.29 is 4.74 Å². The third kappa shape index (κ3) is 1.81. The maximum absolute atomic E-state index is 10.3. The lowest BCUT2D eigenvalue weighted by atomic mass is 10.4. The van der Waals surface area contributed by atoms with E-state index in [0.717, 1.165) is 0 Å². The molecule has 0 aromatic carbocycles. The van der Waals surface area contributed by atoms with Crippen LogP contribution in [0.1, 0.15) is 6.92 Å². The van der Waals surface area contributed by atoms with Crippen LogP contribution >= 0.6 is 0 Å². The minimum absolute atomic E-state index is 0.0162. The van der Waals surface area contributed by atoms with Crippen molar-refractivity contribution in [3.8, 4) is 5.88 Å². The molecule has 7 nitrogen and oxygen atoms in total. The van der Waals surface area contributed by atoms with Crippen molar-refractivity contribution in [3.05, 3.63) is 4.91 Å². The summed E-state index contributed by atoms with van der Waals surface area (Å²) in [6.45, 7) is 2.08. The van der Waals surface area contributed by atoms with Crippen molar-refractivity contribution in [1.82, 2.24) is 9.97 Å². The summed E-state index contributed by atoms with van der Waals surface area (Å²) in [4.78, 5) is 17.5. The molecule has 0 amide bonds. The zero-order valence-corrected chi connectivity index (χ0v) is 7.02. The van der Waals surface area contributed by atoms with Gasteiger partial charge in [-0.05, 0) is 12.1 Å². The Morgan fingerprint density at radius 1 is 1.46 bits per heavy atom. The molecule has 1 aromatic heterocycles. The molecule has 0 aliphatic rings. The molecule has 0 spiro atoms. The van der Waals surface area contributed by atoms with Gasteiger partial charge in [-0.2, -0.15) is 9.97 Å². The van der Waals surface area contributed by atoms with Crippen molar-refractivity contribution in [2.75, 3.05) is 18.1 Å². The Kier molecular flexibility index (Phi) is 2.58. The first-order valence-corrected chi connectivity index (χ1v) is 3.58. The molecular formula is C6H9N5O2. The Morgan fingerprint density at radius 2 is 2.15 bits per heavy atom. The highest BCUT2D eigenvalue weighted by molar-refractivity contribution is 5.65. The van der Waals surface area contributed by atoms with E-state index in [0.29, 0.717) is 6.61 Å². The molecule has 0 atom stereocenters. The largest absolute Gasteiger partial charge is 0.476 e. The van der Waals surface area contributed by atoms with Gasteiger partial charge in [0, 0.05) is 0 Å². The molecule has 1 heterocycles. The maximum Gasteiger partial charge on any atom is 0.250 e. The number of ether oxygens (including phenoxy) is 1. The number of rotatable bonds is 3. The van der Waals surface area contributed by atoms with Gasteiger partial charge in [-0.25, -0.2) is 0 Å². The summed E-state index contributed by atoms with van der Waals surface area (Å²) in [5.41, 5.74) is 10.5. The lowest BCUT2D eigenvalue weighted by Crippen LogP contribution is -2.03. The summed E-state index contributed by atoms with van der Waals surface area (Å²) >= 11 is 0. The Morgan fingerprint density at radius 3 is 2.69 bits per heavy atom. The Hall–Kier alpha value is -1.92. The highest BCUT2D eigenvalue weighted by Crippen LogP contribution is 2.30. The molecule has 0 unspecified atom stereocenters. The molecule has 0 saturated carbocycles. The molecule has 1 rings (SSSR count). The first-order chi connectivity index (χ1) is 6.19. The molecular weight excluding hydrogens is 174 g/mol. The van der Waals surface area contributed by atoms with Crippen LogP contribution in [-0.2, 0) is 0 Å². The normalized spacial score (nSPS) is 9.62. The van der Waals surface area contributed by atoms with E-state index in [4.69, 9.17) is 16.2 Å². The van der Waals surface area contributed by atoms with Crippen LogP contribution < -0.4 is 16.2 Å². The van der Waals surface area contributed by atoms with Gasteiger partial charge in [-0.1, -0.05) is 0 Å². The quantitative estimate of drug-likeness (QED) is 0.656. The molecule has 0 saturated heterocycles. The van der Waals surface area contributed by atoms with Crippen molar-refractivity contribution in [2.45, 2.75) is 6.92 Å². The van der Waals surface area contributed by atoms with Gasteiger partial charge in [0.05, 0.1) is 6.61 Å². The second-order valence-corrected chi connectivity index (χ2v) is 2.15. The average molecular weight is 183 g/mol. The summed E-state index contributed by atoms with van der Waals surface area (Å²) in [5, 5.41) is 2.65. The van der Waals surface area contributed by atoms with Crippen LogP contribution in [0.15, 0.2) is 5.18 Å². The van der Waals surface area contributed by atoms with E-state index in [9.17, 15) is 4.91 Å². The van der Waals surface area contributed by atoms with Gasteiger partial charge < -0.3 is 16.2 Å². The highest BCUT2D eigenvalue weighted by Gasteiger charge is 2.12. The van der Waals surface area contributed by atoms with Crippen LogP contribution in [0.3, 0.4) is 0 Å². The maximum atomic E-state index is 10.3. The van der Waals surface area contributed by atoms with Gasteiger partial charge in [0.15, 0.2) is 5.82 Å². The summed E-state index contributed by atoms with van der Waals surface area (Å²) < 4.78 is 4.98. The van der Waals surface area contributed by atoms with Gasteiger partial charge in [0.25, 0.3) is 5.88 Å². The molecule has 0 aliphatic carbocycles. The van der Waals surface area contributed by atoms with Crippen molar-refractivity contribution in [3.63, 3.8) is 0 Å². The van der Waals surface area contributed by atoms with E-state index in [1.165, 1.54) is 0 Å². The molecule has 0 fully saturated rings. The van der Waals surface area contributed by atoms with E-state index in [1.807, 2.05) is 0 Å². The summed E-state index contributed by atoms with van der Waals surface area (Å²) in [5.74, 6) is -0.109. The van der Waals surface area contributed by atoms with E-state index in [2.05, 4.69) is 15.1 Å². The lowest BCUT2D eigenvalue weighted by molar-refractivity contribution is 0.328. The van der Waals surface area contributed by atoms with E-state index < -0.39 is 0 Å². The van der Waals surface area contributed by atoms with Crippen LogP contribution in [0, 0.1) is 4.91 Å². The number of nitrogens with two attached hydrogens (primary N) is 2. The van der Waals surface area contributed by atoms with Crippen molar-refractivity contribution in [2.24, 2.45) is 5.18 Å². The van der Waals surface area contributed by atoms with E-state index >= 15 is 0 Å². The third-order valence-electron chi connectivity index (χ3n) is 1.27. The Bertz CT molecular complexity index is 327. The van der Waals surface area contributed by atoms with E-state index in [-0.39, 0.29) is 23.3 Å². The van der Waals surface area contributed by atoms with Crippen LogP contribution in [0.4, 0.5) is 17.5 Å². The minimum atomic E-state index is -0.115. The van der Waals surface area contributed by atoms with Crippen LogP contribution in [0.5, 0.6) is 5.88 Å². The Labute approximate surface area is 74.1 Å². The predicted molar refractivity (Wildman–Crippen MR) is 47.5 cm³/mol. The first-order valence-electron chi connectivity index (χ1n) is 3.58. The monoisotopic (exact) mass is 183 g/mol. The first kappa shape index (κ1) is 9.17. The average Bonchev–Trinajstić information content (AvgIpc) is 2.04. The lowest BCUT2D eigenvalue weighted by Gasteiger charge is -2.05. The number of nitrogens with zero attached hydrogens (tertiary/aromatic N) is 3. The SMILES string of the molecule is CCOc1nc(N)nc(N)c1N=O. The zero-order chi connectivity index (χ0) is 9.84. The van der Waals surface area contributed by atoms with Crippen LogP contribution in [-0.4, -0.2) is 16.6 Å². The fourth-order valence-electron chi connectivity index (χ4n) is 0.791. The van der Waals surface area contributed by atoms with E-state index in [1.54, 1.807) is 6.92 Å². The third-order valence-corrected chi connectivity index (χ3v) is 1.27. The van der Waals surface area contributed by atoms with Crippen LogP contribution in [0.25, 0.3) is 0 Å². The number of nitrogen functional groups attached to an aromatic ring is 2. The van der Waals surface area contributed by atoms with Crippen molar-refractivity contribution >= 4 is 17.5 Å². The topological polar surface area (TPSA) is 116 Å². The molecule has 0 bridgehead atoms. The van der Waals surface area contributed by atoms with Gasteiger partial charge in [-0.3, -0.25) is 0 Å². The predicted octanol–water partition coefficient (Wildman–Crippen LogP) is 0.438. The van der Waals surface area contributed by atoms with Gasteiger partial charge >= 0.3 is 0 Å². The molecule has 70 valence electrons. The number of hydrogen-bond acceptors (Lipinski definition) is 7. The molecule has 0 aliphatic heterocycles. The fourth-order valence-corrected chi connectivity index (χ4v) is 0.791. The number of nitroso groups, excluding NO2 is 1. The minimum Gasteiger partial charge on any atom is -0.476 e. The summed E-state index contributed by atoms with van der Waals surface area (Å²) in [7, 11) is 0. The summed E-state index contributed by atoms with van der Waals surface area (Å²) in [6, 6.07) is 0. The number of anilines is 2. The smallest absolute Gasteiger partial charge is 0.250 e. The van der Waals surface area contributed by atoms with Gasteiger partial charge in [0.1, 0.15) is 0 Å². The van der Waals surface area contributed by atoms with Crippen molar-refractivity contribution in [1.29, 1.82) is 0 Å². The molecule has 0 radical (unpaired) electrons. The number of hydrogen-bond donors (Lipinski definition) is 2. The summed E-state index contributed by atoms with van der Waals surface area (Å²) in [6.07, 6.45) is 0. The van der Waals surface area contributed by atoms with Gasteiger partial charge in [-0.15, -0.1) is 4.91 Å². The fraction of sp³-hybridized carbons (Fsp3) is 0.333. The Balaban J connectivity index is 3.20. The second-order valence-electron chi connectivity index (χ2n) is 2.15. The molecule has 7 heteroatoms. The number of aromatic nitrogens is 2. The standard InChI is InChI=1S/C6H9N5O2/c1-2-13-5-3(11-12)4(7)9-6(8)10-5/h2H2,1H3,(H4,7,8,9,10). The second kappa shape index (κ2) is 3.65.